The first-order valence-corrected chi connectivity index (χ1v) is 8.72. The number of hydrogen-bond donors (Lipinski definition) is 0. The van der Waals surface area contributed by atoms with Crippen molar-refractivity contribution in [2.75, 3.05) is 13.0 Å². The third-order valence-corrected chi connectivity index (χ3v) is 4.96. The summed E-state index contributed by atoms with van der Waals surface area (Å²) in [5.41, 5.74) is -0.477. The number of Topliss-reactive ketones (excluding diaryl/α,β-unsaturated/α-hetero) is 1. The first kappa shape index (κ1) is 19.3. The van der Waals surface area contributed by atoms with E-state index < -0.39 is 16.3 Å². The van der Waals surface area contributed by atoms with Crippen LogP contribution in [0.2, 0.25) is 0 Å². The molecule has 1 saturated heterocycles. The van der Waals surface area contributed by atoms with Crippen LogP contribution in [0.15, 0.2) is 5.16 Å². The maximum absolute atomic E-state index is 12.4. The molecule has 0 aromatic rings. The molecule has 1 unspecified atom stereocenters. The number of ether oxygens (including phenoxy) is 1. The molecule has 0 spiro atoms. The Kier molecular flexibility index (Phi) is 6.35. The van der Waals surface area contributed by atoms with E-state index in [4.69, 9.17) is 9.57 Å². The highest BCUT2D eigenvalue weighted by Crippen LogP contribution is 2.35. The van der Waals surface area contributed by atoms with Crippen LogP contribution in [-0.2, 0) is 14.4 Å². The van der Waals surface area contributed by atoms with Crippen molar-refractivity contribution in [1.82, 2.24) is 4.31 Å². The molecule has 1 atom stereocenters. The van der Waals surface area contributed by atoms with Gasteiger partial charge in [0.05, 0.1) is 10.7 Å². The Bertz CT molecular complexity index is 472. The van der Waals surface area contributed by atoms with Gasteiger partial charge < -0.3 is 4.74 Å². The summed E-state index contributed by atoms with van der Waals surface area (Å²) >= 11 is 2.53. The van der Waals surface area contributed by atoms with Crippen molar-refractivity contribution in [3.05, 3.63) is 0 Å². The van der Waals surface area contributed by atoms with E-state index in [0.29, 0.717) is 11.0 Å². The van der Waals surface area contributed by atoms with E-state index in [-0.39, 0.29) is 11.9 Å². The van der Waals surface area contributed by atoms with E-state index >= 15 is 0 Å². The lowest BCUT2D eigenvalue weighted by molar-refractivity contribution is -0.128. The van der Waals surface area contributed by atoms with Crippen LogP contribution in [0.25, 0.3) is 0 Å². The third kappa shape index (κ3) is 5.17. The average Bonchev–Trinajstić information content (AvgIpc) is 2.78. The fourth-order valence-electron chi connectivity index (χ4n) is 1.95. The molecule has 8 heteroatoms. The first-order valence-electron chi connectivity index (χ1n) is 6.96. The van der Waals surface area contributed by atoms with Crippen LogP contribution in [-0.4, -0.2) is 45.1 Å². The lowest BCUT2D eigenvalue weighted by atomic mass is 9.84. The van der Waals surface area contributed by atoms with Crippen LogP contribution in [0, 0.1) is 5.41 Å². The predicted molar refractivity (Wildman–Crippen MR) is 90.8 cm³/mol. The van der Waals surface area contributed by atoms with Crippen LogP contribution in [0.4, 0.5) is 4.79 Å². The van der Waals surface area contributed by atoms with Gasteiger partial charge in [-0.15, -0.1) is 0 Å². The van der Waals surface area contributed by atoms with Gasteiger partial charge in [0.1, 0.15) is 11.1 Å². The van der Waals surface area contributed by atoms with E-state index in [1.165, 1.54) is 16.1 Å². The molecule has 1 fully saturated rings. The highest BCUT2D eigenvalue weighted by atomic mass is 32.2. The second-order valence-corrected chi connectivity index (χ2v) is 9.23. The molecule has 0 aliphatic carbocycles. The zero-order valence-corrected chi connectivity index (χ0v) is 15.8. The summed E-state index contributed by atoms with van der Waals surface area (Å²) < 4.78 is 5.84. The number of rotatable bonds is 4. The Morgan fingerprint density at radius 1 is 1.36 bits per heavy atom. The van der Waals surface area contributed by atoms with Crippen LogP contribution in [0.3, 0.4) is 0 Å². The standard InChI is InChI=1S/C14H24N2O4S2/c1-9-10(21-8-19-9)15-20-12(18)16(7)22-14(5,6)11(17)13(2,3)4/h9H,8H2,1-7H3. The lowest BCUT2D eigenvalue weighted by Crippen LogP contribution is -2.41. The lowest BCUT2D eigenvalue weighted by Gasteiger charge is -2.32. The Balaban J connectivity index is 2.62. The highest BCUT2D eigenvalue weighted by Gasteiger charge is 2.39. The third-order valence-electron chi connectivity index (χ3n) is 2.94. The molecular weight excluding hydrogens is 324 g/mol. The molecule has 1 aliphatic heterocycles. The molecule has 0 bridgehead atoms. The minimum Gasteiger partial charge on any atom is -0.361 e. The minimum atomic E-state index is -0.738. The molecule has 0 aromatic carbocycles. The summed E-state index contributed by atoms with van der Waals surface area (Å²) in [7, 11) is 1.56. The molecule has 0 N–H and O–H groups in total. The molecule has 0 saturated carbocycles. The fourth-order valence-corrected chi connectivity index (χ4v) is 3.92. The summed E-state index contributed by atoms with van der Waals surface area (Å²) in [4.78, 5) is 29.3. The quantitative estimate of drug-likeness (QED) is 0.440. The van der Waals surface area contributed by atoms with Crippen molar-refractivity contribution in [2.24, 2.45) is 10.6 Å². The Hall–Kier alpha value is -0.730. The molecule has 1 aliphatic rings. The number of ketones is 1. The summed E-state index contributed by atoms with van der Waals surface area (Å²) in [5.74, 6) is 0.569. The van der Waals surface area contributed by atoms with Gasteiger partial charge in [-0.2, -0.15) is 0 Å². The molecule has 0 radical (unpaired) electrons. The molecule has 0 aromatic heterocycles. The topological polar surface area (TPSA) is 68.2 Å². The summed E-state index contributed by atoms with van der Waals surface area (Å²) in [6.45, 7) is 11.0. The average molecular weight is 348 g/mol. The zero-order chi connectivity index (χ0) is 17.1. The van der Waals surface area contributed by atoms with Gasteiger partial charge >= 0.3 is 6.09 Å². The van der Waals surface area contributed by atoms with E-state index in [2.05, 4.69) is 5.16 Å². The van der Waals surface area contributed by atoms with E-state index in [9.17, 15) is 9.59 Å². The number of amides is 1. The van der Waals surface area contributed by atoms with Crippen molar-refractivity contribution in [3.63, 3.8) is 0 Å². The van der Waals surface area contributed by atoms with Gasteiger partial charge in [0.2, 0.25) is 0 Å². The van der Waals surface area contributed by atoms with Crippen molar-refractivity contribution in [2.45, 2.75) is 52.4 Å². The van der Waals surface area contributed by atoms with Gasteiger partial charge in [-0.25, -0.2) is 4.79 Å². The van der Waals surface area contributed by atoms with Crippen LogP contribution < -0.4 is 0 Å². The molecular formula is C14H24N2O4S2. The van der Waals surface area contributed by atoms with Gasteiger partial charge in [-0.3, -0.25) is 13.9 Å². The molecule has 126 valence electrons. The Morgan fingerprint density at radius 2 is 1.95 bits per heavy atom. The van der Waals surface area contributed by atoms with Gasteiger partial charge in [0.15, 0.2) is 5.78 Å². The number of thioether (sulfide) groups is 1. The van der Waals surface area contributed by atoms with Crippen molar-refractivity contribution < 1.29 is 19.2 Å². The SMILES string of the molecule is CC1OCSC1=NOC(=O)N(C)SC(C)(C)C(=O)C(C)(C)C. The highest BCUT2D eigenvalue weighted by molar-refractivity contribution is 8.14. The second-order valence-electron chi connectivity index (χ2n) is 6.54. The van der Waals surface area contributed by atoms with Gasteiger partial charge in [0, 0.05) is 12.5 Å². The van der Waals surface area contributed by atoms with E-state index in [1.54, 1.807) is 20.9 Å². The summed E-state index contributed by atoms with van der Waals surface area (Å²) in [5, 5.41) is 4.45. The maximum Gasteiger partial charge on any atom is 0.445 e. The van der Waals surface area contributed by atoms with Crippen LogP contribution >= 0.6 is 23.7 Å². The monoisotopic (exact) mass is 348 g/mol. The Morgan fingerprint density at radius 3 is 2.41 bits per heavy atom. The molecule has 1 heterocycles. The second kappa shape index (κ2) is 7.23. The maximum atomic E-state index is 12.4. The van der Waals surface area contributed by atoms with Gasteiger partial charge in [-0.1, -0.05) is 37.7 Å². The van der Waals surface area contributed by atoms with E-state index in [0.717, 1.165) is 11.9 Å². The molecule has 1 rings (SSSR count). The predicted octanol–water partition coefficient (Wildman–Crippen LogP) is 3.52. The summed E-state index contributed by atoms with van der Waals surface area (Å²) in [6, 6.07) is 0. The van der Waals surface area contributed by atoms with Crippen LogP contribution in [0.1, 0.15) is 41.5 Å². The molecule has 6 nitrogen and oxygen atoms in total. The fraction of sp³-hybridized carbons (Fsp3) is 0.786. The van der Waals surface area contributed by atoms with Crippen molar-refractivity contribution >= 4 is 40.6 Å². The van der Waals surface area contributed by atoms with Crippen molar-refractivity contribution in [3.8, 4) is 0 Å². The minimum absolute atomic E-state index is 0.0596. The largest absolute Gasteiger partial charge is 0.445 e. The number of hydrogen-bond acceptors (Lipinski definition) is 7. The number of carbonyl (C=O) groups is 2. The number of carbonyl (C=O) groups excluding carboxylic acids is 2. The van der Waals surface area contributed by atoms with Gasteiger partial charge in [-0.05, 0) is 32.7 Å². The smallest absolute Gasteiger partial charge is 0.361 e. The molecule has 1 amide bonds. The van der Waals surface area contributed by atoms with Gasteiger partial charge in [0.25, 0.3) is 0 Å². The molecule has 22 heavy (non-hydrogen) atoms. The zero-order valence-electron chi connectivity index (χ0n) is 14.1. The van der Waals surface area contributed by atoms with Crippen molar-refractivity contribution in [1.29, 1.82) is 0 Å². The van der Waals surface area contributed by atoms with Crippen LogP contribution in [0.5, 0.6) is 0 Å². The summed E-state index contributed by atoms with van der Waals surface area (Å²) in [6.07, 6.45) is -0.776. The Labute approximate surface area is 140 Å². The van der Waals surface area contributed by atoms with E-state index in [1.807, 2.05) is 27.7 Å². The number of nitrogens with zero attached hydrogens (tertiary/aromatic N) is 2. The normalized spacial score (nSPS) is 21.0. The number of oxime groups is 1. The first-order chi connectivity index (χ1) is 9.95.